The van der Waals surface area contributed by atoms with Gasteiger partial charge in [-0.3, -0.25) is 4.79 Å². The average Bonchev–Trinajstić information content (AvgIpc) is 3.16. The number of hydrogen-bond acceptors (Lipinski definition) is 6. The largest absolute Gasteiger partial charge is 0.488 e. The van der Waals surface area contributed by atoms with Crippen LogP contribution in [0, 0.1) is 27.7 Å². The molecule has 7 heteroatoms. The average molecular weight is 458 g/mol. The fourth-order valence-corrected chi connectivity index (χ4v) is 3.42. The number of benzene rings is 2. The Balaban J connectivity index is 1.37. The van der Waals surface area contributed by atoms with Gasteiger partial charge in [0.1, 0.15) is 23.9 Å². The molecule has 4 aromatic rings. The minimum Gasteiger partial charge on any atom is -0.488 e. The number of amides is 1. The second-order valence-corrected chi connectivity index (χ2v) is 8.15. The SMILES string of the molecule is Cc1ccc(C)c(Oc2ccc(CNC(=O)c3ccccc3OCc3c(C)noc3C)cn2)c1. The molecule has 0 aliphatic heterocycles. The minimum absolute atomic E-state index is 0.231. The standard InChI is InChI=1S/C27H27N3O4/c1-17-9-10-18(2)25(13-17)33-26-12-11-21(14-28-26)15-29-27(31)22-7-5-6-8-24(22)32-16-23-19(3)30-34-20(23)4/h5-14H,15-16H2,1-4H3,(H,29,31). The molecule has 1 N–H and O–H groups in total. The van der Waals surface area contributed by atoms with Crippen LogP contribution in [-0.2, 0) is 13.2 Å². The fraction of sp³-hybridized carbons (Fsp3) is 0.222. The quantitative estimate of drug-likeness (QED) is 0.370. The predicted molar refractivity (Wildman–Crippen MR) is 128 cm³/mol. The van der Waals surface area contributed by atoms with Crippen LogP contribution >= 0.6 is 0 Å². The van der Waals surface area contributed by atoms with Crippen LogP contribution in [0.5, 0.6) is 17.4 Å². The molecule has 2 heterocycles. The molecular formula is C27H27N3O4. The summed E-state index contributed by atoms with van der Waals surface area (Å²) in [7, 11) is 0. The first-order valence-corrected chi connectivity index (χ1v) is 11.0. The molecule has 0 aliphatic rings. The fourth-order valence-electron chi connectivity index (χ4n) is 3.42. The molecule has 0 aliphatic carbocycles. The van der Waals surface area contributed by atoms with E-state index in [0.29, 0.717) is 29.5 Å². The van der Waals surface area contributed by atoms with Crippen LogP contribution in [-0.4, -0.2) is 16.0 Å². The van der Waals surface area contributed by atoms with Crippen LogP contribution in [0.4, 0.5) is 0 Å². The van der Waals surface area contributed by atoms with E-state index in [1.54, 1.807) is 30.5 Å². The highest BCUT2D eigenvalue weighted by Gasteiger charge is 2.15. The van der Waals surface area contributed by atoms with Crippen molar-refractivity contribution in [1.82, 2.24) is 15.5 Å². The van der Waals surface area contributed by atoms with Gasteiger partial charge in [0.25, 0.3) is 5.91 Å². The van der Waals surface area contributed by atoms with Crippen LogP contribution < -0.4 is 14.8 Å². The van der Waals surface area contributed by atoms with Crippen LogP contribution in [0.2, 0.25) is 0 Å². The number of carbonyl (C=O) groups excluding carboxylic acids is 1. The molecule has 7 nitrogen and oxygen atoms in total. The Kier molecular flexibility index (Phi) is 6.92. The lowest BCUT2D eigenvalue weighted by Crippen LogP contribution is -2.23. The molecule has 0 spiro atoms. The predicted octanol–water partition coefficient (Wildman–Crippen LogP) is 5.60. The number of pyridine rings is 1. The number of carbonyl (C=O) groups is 1. The topological polar surface area (TPSA) is 86.5 Å². The Labute approximate surface area is 198 Å². The molecule has 34 heavy (non-hydrogen) atoms. The van der Waals surface area contributed by atoms with E-state index in [-0.39, 0.29) is 12.5 Å². The Morgan fingerprint density at radius 1 is 1.00 bits per heavy atom. The van der Waals surface area contributed by atoms with Gasteiger partial charge in [-0.05, 0) is 62.6 Å². The first-order chi connectivity index (χ1) is 16.4. The Morgan fingerprint density at radius 2 is 1.82 bits per heavy atom. The van der Waals surface area contributed by atoms with Crippen molar-refractivity contribution in [3.05, 3.63) is 100 Å². The van der Waals surface area contributed by atoms with Gasteiger partial charge in [0, 0.05) is 18.8 Å². The highest BCUT2D eigenvalue weighted by Crippen LogP contribution is 2.25. The Hall–Kier alpha value is -4.13. The third-order valence-corrected chi connectivity index (χ3v) is 5.49. The zero-order chi connectivity index (χ0) is 24.1. The number of rotatable bonds is 8. The Morgan fingerprint density at radius 3 is 2.56 bits per heavy atom. The van der Waals surface area contributed by atoms with E-state index in [9.17, 15) is 4.79 Å². The lowest BCUT2D eigenvalue weighted by Gasteiger charge is -2.12. The van der Waals surface area contributed by atoms with E-state index in [4.69, 9.17) is 14.0 Å². The van der Waals surface area contributed by atoms with Gasteiger partial charge in [-0.1, -0.05) is 35.5 Å². The molecule has 2 aromatic heterocycles. The highest BCUT2D eigenvalue weighted by atomic mass is 16.5. The van der Waals surface area contributed by atoms with Crippen molar-refractivity contribution < 1.29 is 18.8 Å². The lowest BCUT2D eigenvalue weighted by atomic mass is 10.1. The number of nitrogens with one attached hydrogen (secondary N) is 1. The summed E-state index contributed by atoms with van der Waals surface area (Å²) >= 11 is 0. The van der Waals surface area contributed by atoms with Gasteiger partial charge in [0.2, 0.25) is 5.88 Å². The Bertz CT molecular complexity index is 1280. The molecule has 4 rings (SSSR count). The van der Waals surface area contributed by atoms with Crippen molar-refractivity contribution in [2.75, 3.05) is 0 Å². The van der Waals surface area contributed by atoms with Crippen LogP contribution in [0.3, 0.4) is 0 Å². The molecule has 0 fully saturated rings. The summed E-state index contributed by atoms with van der Waals surface area (Å²) in [5, 5.41) is 6.86. The summed E-state index contributed by atoms with van der Waals surface area (Å²) in [6, 6.07) is 16.9. The van der Waals surface area contributed by atoms with E-state index >= 15 is 0 Å². The first-order valence-electron chi connectivity index (χ1n) is 11.0. The number of para-hydroxylation sites is 1. The van der Waals surface area contributed by atoms with Crippen LogP contribution in [0.25, 0.3) is 0 Å². The maximum Gasteiger partial charge on any atom is 0.255 e. The lowest BCUT2D eigenvalue weighted by molar-refractivity contribution is 0.0946. The van der Waals surface area contributed by atoms with Crippen molar-refractivity contribution in [3.63, 3.8) is 0 Å². The number of aryl methyl sites for hydroxylation is 4. The second kappa shape index (κ2) is 10.2. The van der Waals surface area contributed by atoms with Gasteiger partial charge < -0.3 is 19.3 Å². The number of aromatic nitrogens is 2. The van der Waals surface area contributed by atoms with Crippen LogP contribution in [0.15, 0.2) is 65.3 Å². The van der Waals surface area contributed by atoms with Crippen LogP contribution in [0.1, 0.15) is 44.1 Å². The summed E-state index contributed by atoms with van der Waals surface area (Å²) in [6.45, 7) is 8.31. The van der Waals surface area contributed by atoms with Crippen molar-refractivity contribution in [1.29, 1.82) is 0 Å². The van der Waals surface area contributed by atoms with Crippen molar-refractivity contribution >= 4 is 5.91 Å². The number of nitrogens with zero attached hydrogens (tertiary/aromatic N) is 2. The normalized spacial score (nSPS) is 10.7. The van der Waals surface area contributed by atoms with E-state index in [2.05, 4.69) is 15.5 Å². The zero-order valence-electron chi connectivity index (χ0n) is 19.7. The van der Waals surface area contributed by atoms with Crippen molar-refractivity contribution in [2.45, 2.75) is 40.8 Å². The van der Waals surface area contributed by atoms with Gasteiger partial charge in [-0.25, -0.2) is 4.98 Å². The van der Waals surface area contributed by atoms with E-state index in [1.165, 1.54) is 0 Å². The zero-order valence-corrected chi connectivity index (χ0v) is 19.7. The summed E-state index contributed by atoms with van der Waals surface area (Å²) in [5.74, 6) is 2.25. The molecular weight excluding hydrogens is 430 g/mol. The molecule has 0 radical (unpaired) electrons. The molecule has 0 unspecified atom stereocenters. The van der Waals surface area contributed by atoms with Gasteiger partial charge in [0.05, 0.1) is 16.8 Å². The van der Waals surface area contributed by atoms with E-state index in [0.717, 1.165) is 33.7 Å². The first kappa shape index (κ1) is 23.0. The van der Waals surface area contributed by atoms with Gasteiger partial charge in [-0.15, -0.1) is 0 Å². The minimum atomic E-state index is -0.231. The smallest absolute Gasteiger partial charge is 0.255 e. The maximum absolute atomic E-state index is 12.8. The summed E-state index contributed by atoms with van der Waals surface area (Å²) < 4.78 is 17.0. The summed E-state index contributed by atoms with van der Waals surface area (Å²) in [6.07, 6.45) is 1.70. The van der Waals surface area contributed by atoms with Gasteiger partial charge >= 0.3 is 0 Å². The molecule has 1 amide bonds. The number of hydrogen-bond donors (Lipinski definition) is 1. The summed E-state index contributed by atoms with van der Waals surface area (Å²) in [4.78, 5) is 17.2. The molecule has 0 saturated heterocycles. The molecule has 0 atom stereocenters. The molecule has 2 aromatic carbocycles. The monoisotopic (exact) mass is 457 g/mol. The molecule has 0 bridgehead atoms. The second-order valence-electron chi connectivity index (χ2n) is 8.15. The van der Waals surface area contributed by atoms with Gasteiger partial charge in [-0.2, -0.15) is 0 Å². The third-order valence-electron chi connectivity index (χ3n) is 5.49. The maximum atomic E-state index is 12.8. The van der Waals surface area contributed by atoms with E-state index in [1.807, 2.05) is 58.0 Å². The van der Waals surface area contributed by atoms with Crippen molar-refractivity contribution in [3.8, 4) is 17.4 Å². The van der Waals surface area contributed by atoms with Gasteiger partial charge in [0.15, 0.2) is 0 Å². The van der Waals surface area contributed by atoms with E-state index < -0.39 is 0 Å². The van der Waals surface area contributed by atoms with Crippen molar-refractivity contribution in [2.24, 2.45) is 0 Å². The number of ether oxygens (including phenoxy) is 2. The third kappa shape index (κ3) is 5.43. The highest BCUT2D eigenvalue weighted by molar-refractivity contribution is 5.96. The summed E-state index contributed by atoms with van der Waals surface area (Å²) in [5.41, 5.74) is 5.13. The molecule has 0 saturated carbocycles. The molecule has 174 valence electrons.